The zero-order valence-electron chi connectivity index (χ0n) is 10.2. The Morgan fingerprint density at radius 3 is 2.60 bits per heavy atom. The lowest BCUT2D eigenvalue weighted by molar-refractivity contribution is 0.0698. The number of carboxylic acids is 1. The van der Waals surface area contributed by atoms with E-state index in [9.17, 15) is 9.18 Å². The van der Waals surface area contributed by atoms with Gasteiger partial charge in [0.1, 0.15) is 5.82 Å². The lowest BCUT2D eigenvalue weighted by atomic mass is 10.1. The molecule has 5 nitrogen and oxygen atoms in total. The summed E-state index contributed by atoms with van der Waals surface area (Å²) >= 11 is 0. The van der Waals surface area contributed by atoms with E-state index < -0.39 is 11.8 Å². The molecule has 2 rings (SSSR count). The zero-order chi connectivity index (χ0) is 14.7. The molecular weight excluding hydrogens is 261 g/mol. The summed E-state index contributed by atoms with van der Waals surface area (Å²) in [5.41, 5.74) is 6.51. The van der Waals surface area contributed by atoms with Crippen LogP contribution in [0.15, 0.2) is 36.4 Å². The highest BCUT2D eigenvalue weighted by Crippen LogP contribution is 2.24. The highest BCUT2D eigenvalue weighted by atomic mass is 19.1. The molecule has 0 fully saturated rings. The van der Waals surface area contributed by atoms with E-state index in [1.54, 1.807) is 0 Å². The van der Waals surface area contributed by atoms with Crippen LogP contribution in [0.3, 0.4) is 0 Å². The topological polar surface area (TPSA) is 99.1 Å². The molecule has 2 aromatic carbocycles. The molecule has 0 bridgehead atoms. The van der Waals surface area contributed by atoms with E-state index in [4.69, 9.17) is 16.1 Å². The van der Waals surface area contributed by atoms with Gasteiger partial charge in [0.05, 0.1) is 22.9 Å². The van der Waals surface area contributed by atoms with Crippen LogP contribution in [-0.4, -0.2) is 11.1 Å². The molecule has 100 valence electrons. The molecule has 0 saturated carbocycles. The third-order valence-electron chi connectivity index (χ3n) is 2.66. The van der Waals surface area contributed by atoms with Crippen molar-refractivity contribution in [1.82, 2.24) is 0 Å². The Bertz CT molecular complexity index is 723. The van der Waals surface area contributed by atoms with Crippen LogP contribution in [0.2, 0.25) is 0 Å². The minimum atomic E-state index is -1.13. The number of nitriles is 1. The molecule has 0 unspecified atom stereocenters. The zero-order valence-corrected chi connectivity index (χ0v) is 10.2. The number of nitrogens with zero attached hydrogens (tertiary/aromatic N) is 1. The molecule has 0 atom stereocenters. The van der Waals surface area contributed by atoms with Crippen molar-refractivity contribution in [2.24, 2.45) is 0 Å². The Morgan fingerprint density at radius 1 is 1.30 bits per heavy atom. The van der Waals surface area contributed by atoms with Crippen molar-refractivity contribution in [3.8, 4) is 6.07 Å². The van der Waals surface area contributed by atoms with Crippen molar-refractivity contribution in [2.45, 2.75) is 0 Å². The lowest BCUT2D eigenvalue weighted by Gasteiger charge is -2.09. The maximum atomic E-state index is 13.7. The highest BCUT2D eigenvalue weighted by molar-refractivity contribution is 5.94. The number of hydrogen-bond acceptors (Lipinski definition) is 4. The molecule has 6 heteroatoms. The normalized spacial score (nSPS) is 9.80. The van der Waals surface area contributed by atoms with Gasteiger partial charge in [-0.15, -0.1) is 0 Å². The SMILES string of the molecule is N#Cc1ccc(Nc2ccc(C(=O)O)c(N)c2)c(F)c1. The number of rotatable bonds is 3. The van der Waals surface area contributed by atoms with Gasteiger partial charge in [-0.3, -0.25) is 0 Å². The maximum Gasteiger partial charge on any atom is 0.337 e. The second kappa shape index (κ2) is 5.28. The van der Waals surface area contributed by atoms with Gasteiger partial charge in [0.2, 0.25) is 0 Å². The second-order valence-electron chi connectivity index (χ2n) is 4.04. The predicted molar refractivity (Wildman–Crippen MR) is 72.2 cm³/mol. The van der Waals surface area contributed by atoms with Gasteiger partial charge < -0.3 is 16.2 Å². The Hall–Kier alpha value is -3.07. The van der Waals surface area contributed by atoms with Gasteiger partial charge in [0.15, 0.2) is 0 Å². The summed E-state index contributed by atoms with van der Waals surface area (Å²) in [5, 5.41) is 20.3. The number of nitrogen functional groups attached to an aromatic ring is 1. The Balaban J connectivity index is 2.29. The van der Waals surface area contributed by atoms with Crippen molar-refractivity contribution in [3.63, 3.8) is 0 Å². The van der Waals surface area contributed by atoms with Crippen LogP contribution >= 0.6 is 0 Å². The average molecular weight is 271 g/mol. The van der Waals surface area contributed by atoms with Crippen molar-refractivity contribution >= 4 is 23.0 Å². The fraction of sp³-hybridized carbons (Fsp3) is 0. The number of carboxylic acid groups (broad SMARTS) is 1. The van der Waals surface area contributed by atoms with Crippen LogP contribution < -0.4 is 11.1 Å². The van der Waals surface area contributed by atoms with E-state index in [2.05, 4.69) is 5.32 Å². The van der Waals surface area contributed by atoms with E-state index in [1.165, 1.54) is 30.3 Å². The first kappa shape index (κ1) is 13.4. The molecule has 2 aromatic rings. The van der Waals surface area contributed by atoms with Gasteiger partial charge in [0, 0.05) is 11.4 Å². The van der Waals surface area contributed by atoms with Gasteiger partial charge in [-0.05, 0) is 36.4 Å². The summed E-state index contributed by atoms with van der Waals surface area (Å²) in [7, 11) is 0. The smallest absolute Gasteiger partial charge is 0.337 e. The van der Waals surface area contributed by atoms with Crippen LogP contribution in [0.1, 0.15) is 15.9 Å². The van der Waals surface area contributed by atoms with Crippen LogP contribution in [0, 0.1) is 17.1 Å². The van der Waals surface area contributed by atoms with Gasteiger partial charge in [-0.2, -0.15) is 5.26 Å². The molecule has 0 amide bonds. The molecule has 0 spiro atoms. The minimum absolute atomic E-state index is 0.0177. The molecular formula is C14H10FN3O2. The fourth-order valence-corrected chi connectivity index (χ4v) is 1.68. The molecule has 0 radical (unpaired) electrons. The van der Waals surface area contributed by atoms with Crippen LogP contribution in [0.25, 0.3) is 0 Å². The predicted octanol–water partition coefficient (Wildman–Crippen LogP) is 2.72. The second-order valence-corrected chi connectivity index (χ2v) is 4.04. The minimum Gasteiger partial charge on any atom is -0.478 e. The summed E-state index contributed by atoms with van der Waals surface area (Å²) in [6.45, 7) is 0. The number of benzene rings is 2. The monoisotopic (exact) mass is 271 g/mol. The number of nitrogens with one attached hydrogen (secondary N) is 1. The number of carbonyl (C=O) groups is 1. The maximum absolute atomic E-state index is 13.7. The highest BCUT2D eigenvalue weighted by Gasteiger charge is 2.09. The van der Waals surface area contributed by atoms with Gasteiger partial charge in [-0.25, -0.2) is 9.18 Å². The molecule has 0 heterocycles. The Morgan fingerprint density at radius 2 is 2.05 bits per heavy atom. The quantitative estimate of drug-likeness (QED) is 0.745. The summed E-state index contributed by atoms with van der Waals surface area (Å²) in [5.74, 6) is -1.71. The number of halogens is 1. The number of hydrogen-bond donors (Lipinski definition) is 3. The van der Waals surface area contributed by atoms with Gasteiger partial charge in [-0.1, -0.05) is 0 Å². The number of aromatic carboxylic acids is 1. The third-order valence-corrected chi connectivity index (χ3v) is 2.66. The molecule has 0 saturated heterocycles. The van der Waals surface area contributed by atoms with E-state index in [-0.39, 0.29) is 22.5 Å². The van der Waals surface area contributed by atoms with E-state index in [0.29, 0.717) is 5.69 Å². The first-order valence-electron chi connectivity index (χ1n) is 5.61. The Labute approximate surface area is 114 Å². The van der Waals surface area contributed by atoms with Gasteiger partial charge >= 0.3 is 5.97 Å². The fourth-order valence-electron chi connectivity index (χ4n) is 1.68. The molecule has 4 N–H and O–H groups in total. The first-order valence-corrected chi connectivity index (χ1v) is 5.61. The van der Waals surface area contributed by atoms with E-state index in [1.807, 2.05) is 6.07 Å². The average Bonchev–Trinajstić information content (AvgIpc) is 2.40. The van der Waals surface area contributed by atoms with Crippen molar-refractivity contribution < 1.29 is 14.3 Å². The summed E-state index contributed by atoms with van der Waals surface area (Å²) < 4.78 is 13.7. The molecule has 0 aromatic heterocycles. The van der Waals surface area contributed by atoms with Crippen molar-refractivity contribution in [1.29, 1.82) is 5.26 Å². The molecule has 0 aliphatic rings. The number of anilines is 3. The Kier molecular flexibility index (Phi) is 3.53. The van der Waals surface area contributed by atoms with Gasteiger partial charge in [0.25, 0.3) is 0 Å². The van der Waals surface area contributed by atoms with E-state index in [0.717, 1.165) is 6.07 Å². The summed E-state index contributed by atoms with van der Waals surface area (Å²) in [6.07, 6.45) is 0. The van der Waals surface area contributed by atoms with Crippen molar-refractivity contribution in [3.05, 3.63) is 53.3 Å². The standard InChI is InChI=1S/C14H10FN3O2/c15-11-5-8(7-16)1-4-13(11)18-9-2-3-10(14(19)20)12(17)6-9/h1-6,18H,17H2,(H,19,20). The van der Waals surface area contributed by atoms with Crippen LogP contribution in [-0.2, 0) is 0 Å². The van der Waals surface area contributed by atoms with E-state index >= 15 is 0 Å². The lowest BCUT2D eigenvalue weighted by Crippen LogP contribution is -2.03. The molecule has 0 aliphatic carbocycles. The van der Waals surface area contributed by atoms with Crippen LogP contribution in [0.5, 0.6) is 0 Å². The molecule has 0 aliphatic heterocycles. The number of nitrogens with two attached hydrogens (primary N) is 1. The summed E-state index contributed by atoms with van der Waals surface area (Å²) in [4.78, 5) is 10.8. The van der Waals surface area contributed by atoms with Crippen LogP contribution in [0.4, 0.5) is 21.5 Å². The summed E-state index contributed by atoms with van der Waals surface area (Å²) in [6, 6.07) is 10.1. The largest absolute Gasteiger partial charge is 0.478 e. The third kappa shape index (κ3) is 2.67. The first-order chi connectivity index (χ1) is 9.51. The molecule has 20 heavy (non-hydrogen) atoms. The van der Waals surface area contributed by atoms with Crippen molar-refractivity contribution in [2.75, 3.05) is 11.1 Å².